The Hall–Kier alpha value is -0.830. The maximum Gasteiger partial charge on any atom is 0.119 e. The maximum atomic E-state index is 5.63. The monoisotopic (exact) mass is 251 g/mol. The summed E-state index contributed by atoms with van der Waals surface area (Å²) in [6.07, 6.45) is 2.79. The predicted molar refractivity (Wildman–Crippen MR) is 76.2 cm³/mol. The van der Waals surface area contributed by atoms with Gasteiger partial charge in [0.15, 0.2) is 0 Å². The van der Waals surface area contributed by atoms with Gasteiger partial charge >= 0.3 is 0 Å². The molecule has 94 valence electrons. The van der Waals surface area contributed by atoms with Crippen LogP contribution in [-0.2, 0) is 0 Å². The first-order chi connectivity index (χ1) is 8.24. The molecule has 0 aliphatic carbocycles. The van der Waals surface area contributed by atoms with Gasteiger partial charge in [0.05, 0.1) is 6.10 Å². The van der Waals surface area contributed by atoms with Crippen LogP contribution in [0, 0.1) is 0 Å². The molecule has 0 saturated carbocycles. The van der Waals surface area contributed by atoms with Crippen molar-refractivity contribution in [3.63, 3.8) is 0 Å². The fraction of sp³-hybridized carbons (Fsp3) is 0.571. The third kappa shape index (κ3) is 4.15. The van der Waals surface area contributed by atoms with E-state index in [2.05, 4.69) is 29.2 Å². The quantitative estimate of drug-likeness (QED) is 0.880. The van der Waals surface area contributed by atoms with E-state index in [1.807, 2.05) is 26.0 Å². The number of nitrogens with one attached hydrogen (secondary N) is 1. The molecule has 2 nitrogen and oxygen atoms in total. The average Bonchev–Trinajstić information content (AvgIpc) is 2.32. The number of thioether (sulfide) groups is 1. The summed E-state index contributed by atoms with van der Waals surface area (Å²) in [6, 6.07) is 8.95. The normalized spacial score (nSPS) is 17.1. The first-order valence-electron chi connectivity index (χ1n) is 6.35. The molecule has 0 radical (unpaired) electrons. The highest BCUT2D eigenvalue weighted by atomic mass is 32.2. The largest absolute Gasteiger partial charge is 0.491 e. The number of anilines is 1. The summed E-state index contributed by atoms with van der Waals surface area (Å²) in [4.78, 5) is 0. The fourth-order valence-corrected chi connectivity index (χ4v) is 3.09. The molecule has 1 aromatic carbocycles. The van der Waals surface area contributed by atoms with Gasteiger partial charge in [0.25, 0.3) is 0 Å². The van der Waals surface area contributed by atoms with Gasteiger partial charge in [0, 0.05) is 11.7 Å². The molecule has 0 atom stereocenters. The van der Waals surface area contributed by atoms with Crippen molar-refractivity contribution >= 4 is 17.4 Å². The molecule has 17 heavy (non-hydrogen) atoms. The van der Waals surface area contributed by atoms with Gasteiger partial charge in [-0.3, -0.25) is 0 Å². The summed E-state index contributed by atoms with van der Waals surface area (Å²) in [5, 5.41) is 3.59. The zero-order valence-corrected chi connectivity index (χ0v) is 11.4. The lowest BCUT2D eigenvalue weighted by Crippen LogP contribution is -2.24. The fourth-order valence-electron chi connectivity index (χ4n) is 1.98. The second kappa shape index (κ2) is 6.20. The van der Waals surface area contributed by atoms with Gasteiger partial charge in [0.1, 0.15) is 5.75 Å². The number of ether oxygens (including phenoxy) is 1. The van der Waals surface area contributed by atoms with Crippen LogP contribution in [0.25, 0.3) is 0 Å². The van der Waals surface area contributed by atoms with Crippen LogP contribution < -0.4 is 10.1 Å². The Kier molecular flexibility index (Phi) is 4.60. The van der Waals surface area contributed by atoms with Gasteiger partial charge in [0.2, 0.25) is 0 Å². The minimum atomic E-state index is 0.240. The van der Waals surface area contributed by atoms with Gasteiger partial charge in [-0.1, -0.05) is 0 Å². The van der Waals surface area contributed by atoms with Crippen molar-refractivity contribution < 1.29 is 4.74 Å². The molecule has 3 heteroatoms. The lowest BCUT2D eigenvalue weighted by Gasteiger charge is -2.23. The van der Waals surface area contributed by atoms with Crippen LogP contribution >= 0.6 is 11.8 Å². The number of benzene rings is 1. The van der Waals surface area contributed by atoms with Crippen LogP contribution in [0.1, 0.15) is 26.7 Å². The summed E-state index contributed by atoms with van der Waals surface area (Å²) in [5.41, 5.74) is 1.21. The van der Waals surface area contributed by atoms with E-state index >= 15 is 0 Å². The van der Waals surface area contributed by atoms with Crippen molar-refractivity contribution in [1.29, 1.82) is 0 Å². The van der Waals surface area contributed by atoms with E-state index in [9.17, 15) is 0 Å². The second-order valence-corrected chi connectivity index (χ2v) is 5.95. The van der Waals surface area contributed by atoms with Crippen molar-refractivity contribution in [3.8, 4) is 5.75 Å². The first-order valence-corrected chi connectivity index (χ1v) is 7.50. The van der Waals surface area contributed by atoms with Crippen LogP contribution in [-0.4, -0.2) is 23.7 Å². The second-order valence-electron chi connectivity index (χ2n) is 4.72. The molecule has 0 bridgehead atoms. The molecule has 1 aliphatic rings. The standard InChI is InChI=1S/C14H21NOS/c1-11(2)16-14-5-3-12(4-6-14)15-13-7-9-17-10-8-13/h3-6,11,13,15H,7-10H2,1-2H3. The van der Waals surface area contributed by atoms with Gasteiger partial charge in [-0.25, -0.2) is 0 Å². The number of rotatable bonds is 4. The molecule has 1 N–H and O–H groups in total. The van der Waals surface area contributed by atoms with E-state index in [1.54, 1.807) is 0 Å². The van der Waals surface area contributed by atoms with Gasteiger partial charge in [-0.15, -0.1) is 0 Å². The Balaban J connectivity index is 1.88. The van der Waals surface area contributed by atoms with Crippen molar-refractivity contribution in [1.82, 2.24) is 0 Å². The number of hydrogen-bond acceptors (Lipinski definition) is 3. The van der Waals surface area contributed by atoms with E-state index in [-0.39, 0.29) is 6.10 Å². The van der Waals surface area contributed by atoms with Crippen LogP contribution in [0.5, 0.6) is 5.75 Å². The van der Waals surface area contributed by atoms with E-state index < -0.39 is 0 Å². The minimum absolute atomic E-state index is 0.240. The molecule has 0 unspecified atom stereocenters. The van der Waals surface area contributed by atoms with Crippen LogP contribution in [0.4, 0.5) is 5.69 Å². The summed E-state index contributed by atoms with van der Waals surface area (Å²) < 4.78 is 5.63. The Bertz CT molecular complexity index is 331. The molecule has 1 heterocycles. The van der Waals surface area contributed by atoms with Gasteiger partial charge < -0.3 is 10.1 Å². The molecule has 0 spiro atoms. The number of hydrogen-bond donors (Lipinski definition) is 1. The molecule has 0 aromatic heterocycles. The third-order valence-electron chi connectivity index (χ3n) is 2.82. The van der Waals surface area contributed by atoms with Crippen molar-refractivity contribution in [2.24, 2.45) is 0 Å². The Morgan fingerprint density at radius 3 is 2.41 bits per heavy atom. The molecular weight excluding hydrogens is 230 g/mol. The van der Waals surface area contributed by atoms with Crippen molar-refractivity contribution in [2.75, 3.05) is 16.8 Å². The average molecular weight is 251 g/mol. The van der Waals surface area contributed by atoms with Gasteiger partial charge in [-0.2, -0.15) is 11.8 Å². The summed E-state index contributed by atoms with van der Waals surface area (Å²) in [7, 11) is 0. The van der Waals surface area contributed by atoms with Crippen molar-refractivity contribution in [3.05, 3.63) is 24.3 Å². The topological polar surface area (TPSA) is 21.3 Å². The zero-order valence-electron chi connectivity index (χ0n) is 10.6. The third-order valence-corrected chi connectivity index (χ3v) is 3.87. The highest BCUT2D eigenvalue weighted by Gasteiger charge is 2.12. The van der Waals surface area contributed by atoms with Crippen LogP contribution in [0.2, 0.25) is 0 Å². The molecule has 1 fully saturated rings. The molecular formula is C14H21NOS. The molecule has 1 aliphatic heterocycles. The van der Waals surface area contributed by atoms with E-state index in [4.69, 9.17) is 4.74 Å². The van der Waals surface area contributed by atoms with Crippen LogP contribution in [0.3, 0.4) is 0 Å². The summed E-state index contributed by atoms with van der Waals surface area (Å²) in [6.45, 7) is 4.09. The minimum Gasteiger partial charge on any atom is -0.491 e. The van der Waals surface area contributed by atoms with E-state index in [0.717, 1.165) is 5.75 Å². The molecule has 1 saturated heterocycles. The van der Waals surface area contributed by atoms with Gasteiger partial charge in [-0.05, 0) is 62.5 Å². The van der Waals surface area contributed by atoms with Crippen LogP contribution in [0.15, 0.2) is 24.3 Å². The lowest BCUT2D eigenvalue weighted by atomic mass is 10.1. The predicted octanol–water partition coefficient (Wildman–Crippen LogP) is 3.78. The van der Waals surface area contributed by atoms with E-state index in [1.165, 1.54) is 30.0 Å². The Morgan fingerprint density at radius 1 is 1.18 bits per heavy atom. The summed E-state index contributed by atoms with van der Waals surface area (Å²) in [5.74, 6) is 3.52. The Labute approximate surface area is 108 Å². The molecule has 0 amide bonds. The zero-order chi connectivity index (χ0) is 12.1. The lowest BCUT2D eigenvalue weighted by molar-refractivity contribution is 0.242. The highest BCUT2D eigenvalue weighted by molar-refractivity contribution is 7.99. The summed E-state index contributed by atoms with van der Waals surface area (Å²) >= 11 is 2.06. The van der Waals surface area contributed by atoms with Crippen molar-refractivity contribution in [2.45, 2.75) is 38.8 Å². The Morgan fingerprint density at radius 2 is 1.82 bits per heavy atom. The molecule has 2 rings (SSSR count). The SMILES string of the molecule is CC(C)Oc1ccc(NC2CCSCC2)cc1. The maximum absolute atomic E-state index is 5.63. The molecule has 1 aromatic rings. The highest BCUT2D eigenvalue weighted by Crippen LogP contribution is 2.22. The smallest absolute Gasteiger partial charge is 0.119 e. The first kappa shape index (κ1) is 12.6. The van der Waals surface area contributed by atoms with E-state index in [0.29, 0.717) is 6.04 Å².